The fourth-order valence-electron chi connectivity index (χ4n) is 1.57. The lowest BCUT2D eigenvalue weighted by atomic mass is 10.1. The molecule has 0 unspecified atom stereocenters. The van der Waals surface area contributed by atoms with E-state index in [1.54, 1.807) is 25.1 Å². The zero-order valence-electron chi connectivity index (χ0n) is 8.90. The molecule has 0 fully saturated rings. The molecule has 0 amide bonds. The van der Waals surface area contributed by atoms with Gasteiger partial charge in [-0.15, -0.1) is 0 Å². The third-order valence-corrected chi connectivity index (χ3v) is 2.28. The molecule has 16 heavy (non-hydrogen) atoms. The van der Waals surface area contributed by atoms with Crippen LogP contribution in [-0.2, 0) is 16.0 Å². The molecule has 1 heterocycles. The highest BCUT2D eigenvalue weighted by atomic mass is 16.5. The van der Waals surface area contributed by atoms with Crippen LogP contribution in [0.15, 0.2) is 28.9 Å². The minimum atomic E-state index is -0.298. The van der Waals surface area contributed by atoms with Crippen LogP contribution in [0.2, 0.25) is 0 Å². The fraction of sp³-hybridized carbons (Fsp3) is 0.250. The van der Waals surface area contributed by atoms with Crippen molar-refractivity contribution in [2.45, 2.75) is 13.3 Å². The number of fused-ring (bicyclic) bond motifs is 1. The molecule has 4 nitrogen and oxygen atoms in total. The van der Waals surface area contributed by atoms with Gasteiger partial charge in [-0.2, -0.15) is 0 Å². The van der Waals surface area contributed by atoms with Crippen LogP contribution < -0.4 is 0 Å². The molecule has 0 aliphatic rings. The van der Waals surface area contributed by atoms with Gasteiger partial charge in [0.25, 0.3) is 0 Å². The maximum Gasteiger partial charge on any atom is 0.310 e. The number of hydrogen-bond acceptors (Lipinski definition) is 4. The van der Waals surface area contributed by atoms with Crippen molar-refractivity contribution in [1.29, 1.82) is 0 Å². The van der Waals surface area contributed by atoms with Gasteiger partial charge in [-0.05, 0) is 25.1 Å². The molecule has 0 saturated carbocycles. The number of rotatable bonds is 3. The fourth-order valence-corrected chi connectivity index (χ4v) is 1.57. The number of phenolic OH excluding ortho intramolecular Hbond substituents is 1. The molecule has 0 bridgehead atoms. The number of benzene rings is 1. The van der Waals surface area contributed by atoms with Crippen molar-refractivity contribution < 1.29 is 19.1 Å². The number of hydrogen-bond donors (Lipinski definition) is 1. The zero-order valence-corrected chi connectivity index (χ0v) is 8.90. The van der Waals surface area contributed by atoms with Crippen LogP contribution in [0, 0.1) is 0 Å². The van der Waals surface area contributed by atoms with Crippen LogP contribution in [0.3, 0.4) is 0 Å². The van der Waals surface area contributed by atoms with Crippen molar-refractivity contribution in [3.8, 4) is 5.75 Å². The van der Waals surface area contributed by atoms with Crippen molar-refractivity contribution in [1.82, 2.24) is 0 Å². The van der Waals surface area contributed by atoms with Crippen LogP contribution in [0.1, 0.15) is 12.5 Å². The lowest BCUT2D eigenvalue weighted by Gasteiger charge is -1.99. The van der Waals surface area contributed by atoms with Crippen molar-refractivity contribution >= 4 is 16.9 Å². The Balaban J connectivity index is 2.30. The smallest absolute Gasteiger partial charge is 0.310 e. The third kappa shape index (κ3) is 2.00. The first-order chi connectivity index (χ1) is 7.70. The van der Waals surface area contributed by atoms with Crippen LogP contribution >= 0.6 is 0 Å². The van der Waals surface area contributed by atoms with Crippen molar-refractivity contribution in [3.63, 3.8) is 0 Å². The van der Waals surface area contributed by atoms with E-state index < -0.39 is 0 Å². The van der Waals surface area contributed by atoms with E-state index in [-0.39, 0.29) is 18.1 Å². The first kappa shape index (κ1) is 10.5. The number of ether oxygens (including phenoxy) is 1. The lowest BCUT2D eigenvalue weighted by molar-refractivity contribution is -0.142. The normalized spacial score (nSPS) is 10.6. The molecule has 1 N–H and O–H groups in total. The van der Waals surface area contributed by atoms with Gasteiger partial charge >= 0.3 is 5.97 Å². The summed E-state index contributed by atoms with van der Waals surface area (Å²) in [6.45, 7) is 2.12. The molecule has 1 aromatic carbocycles. The van der Waals surface area contributed by atoms with Crippen molar-refractivity contribution in [2.24, 2.45) is 0 Å². The van der Waals surface area contributed by atoms with Crippen molar-refractivity contribution in [2.75, 3.05) is 6.61 Å². The molecular weight excluding hydrogens is 208 g/mol. The Bertz CT molecular complexity index is 513. The Kier molecular flexibility index (Phi) is 2.81. The molecule has 0 radical (unpaired) electrons. The van der Waals surface area contributed by atoms with Gasteiger partial charge in [0.05, 0.1) is 19.3 Å². The Morgan fingerprint density at radius 3 is 3.06 bits per heavy atom. The number of furan rings is 1. The highest BCUT2D eigenvalue weighted by Crippen LogP contribution is 2.25. The monoisotopic (exact) mass is 220 g/mol. The average molecular weight is 220 g/mol. The summed E-state index contributed by atoms with van der Waals surface area (Å²) in [6.07, 6.45) is 1.67. The lowest BCUT2D eigenvalue weighted by Crippen LogP contribution is -2.06. The van der Waals surface area contributed by atoms with Crippen LogP contribution in [0.4, 0.5) is 0 Å². The van der Waals surface area contributed by atoms with Gasteiger partial charge in [-0.3, -0.25) is 4.79 Å². The summed E-state index contributed by atoms with van der Waals surface area (Å²) in [4.78, 5) is 11.3. The van der Waals surface area contributed by atoms with Gasteiger partial charge in [0.15, 0.2) is 0 Å². The second kappa shape index (κ2) is 4.26. The molecule has 0 spiro atoms. The SMILES string of the molecule is CCOC(=O)Cc1coc2ccc(O)cc12. The maximum atomic E-state index is 11.3. The summed E-state index contributed by atoms with van der Waals surface area (Å²) in [7, 11) is 0. The molecule has 1 aromatic heterocycles. The molecule has 0 aliphatic carbocycles. The van der Waals surface area contributed by atoms with E-state index in [0.717, 1.165) is 10.9 Å². The average Bonchev–Trinajstić information content (AvgIpc) is 2.61. The van der Waals surface area contributed by atoms with E-state index in [4.69, 9.17) is 9.15 Å². The summed E-state index contributed by atoms with van der Waals surface area (Å²) in [5.41, 5.74) is 1.38. The zero-order chi connectivity index (χ0) is 11.5. The van der Waals surface area contributed by atoms with Crippen molar-refractivity contribution in [3.05, 3.63) is 30.0 Å². The summed E-state index contributed by atoms with van der Waals surface area (Å²) in [6, 6.07) is 4.78. The Morgan fingerprint density at radius 1 is 1.50 bits per heavy atom. The number of carbonyl (C=O) groups is 1. The van der Waals surface area contributed by atoms with Gasteiger partial charge in [0.2, 0.25) is 0 Å². The van der Waals surface area contributed by atoms with E-state index >= 15 is 0 Å². The van der Waals surface area contributed by atoms with Crippen LogP contribution in [0.5, 0.6) is 5.75 Å². The Morgan fingerprint density at radius 2 is 2.31 bits per heavy atom. The van der Waals surface area contributed by atoms with E-state index in [0.29, 0.717) is 12.2 Å². The van der Waals surface area contributed by atoms with E-state index in [2.05, 4.69) is 0 Å². The molecule has 84 valence electrons. The summed E-state index contributed by atoms with van der Waals surface area (Å²) in [5.74, 6) is -0.146. The number of phenols is 1. The largest absolute Gasteiger partial charge is 0.508 e. The predicted octanol–water partition coefficient (Wildman–Crippen LogP) is 2.24. The number of carbonyl (C=O) groups excluding carboxylic acids is 1. The number of esters is 1. The maximum absolute atomic E-state index is 11.3. The molecular formula is C12H12O4. The molecule has 0 saturated heterocycles. The van der Waals surface area contributed by atoms with E-state index in [1.165, 1.54) is 6.26 Å². The number of aromatic hydroxyl groups is 1. The highest BCUT2D eigenvalue weighted by Gasteiger charge is 2.11. The van der Waals surface area contributed by atoms with E-state index in [1.807, 2.05) is 0 Å². The summed E-state index contributed by atoms with van der Waals surface area (Å²) < 4.78 is 10.1. The first-order valence-corrected chi connectivity index (χ1v) is 5.05. The quantitative estimate of drug-likeness (QED) is 0.806. The summed E-state index contributed by atoms with van der Waals surface area (Å²) >= 11 is 0. The van der Waals surface area contributed by atoms with E-state index in [9.17, 15) is 9.90 Å². The van der Waals surface area contributed by atoms with Gasteiger partial charge in [-0.1, -0.05) is 0 Å². The Labute approximate surface area is 92.4 Å². The molecule has 2 aromatic rings. The molecule has 0 aliphatic heterocycles. The second-order valence-electron chi connectivity index (χ2n) is 3.42. The van der Waals surface area contributed by atoms with Gasteiger partial charge in [0.1, 0.15) is 11.3 Å². The van der Waals surface area contributed by atoms with Crippen LogP contribution in [0.25, 0.3) is 11.0 Å². The van der Waals surface area contributed by atoms with Gasteiger partial charge in [-0.25, -0.2) is 0 Å². The van der Waals surface area contributed by atoms with Gasteiger partial charge < -0.3 is 14.3 Å². The molecule has 2 rings (SSSR count). The highest BCUT2D eigenvalue weighted by molar-refractivity contribution is 5.86. The minimum Gasteiger partial charge on any atom is -0.508 e. The van der Waals surface area contributed by atoms with Crippen LogP contribution in [-0.4, -0.2) is 17.7 Å². The third-order valence-electron chi connectivity index (χ3n) is 2.28. The first-order valence-electron chi connectivity index (χ1n) is 5.05. The predicted molar refractivity (Wildman–Crippen MR) is 58.2 cm³/mol. The standard InChI is InChI=1S/C12H12O4/c1-2-15-12(14)5-8-7-16-11-4-3-9(13)6-10(8)11/h3-4,6-7,13H,2,5H2,1H3. The Hall–Kier alpha value is -1.97. The molecule has 4 heteroatoms. The summed E-state index contributed by atoms with van der Waals surface area (Å²) in [5, 5.41) is 10.1. The van der Waals surface area contributed by atoms with Gasteiger partial charge in [0, 0.05) is 10.9 Å². The molecule has 0 atom stereocenters. The second-order valence-corrected chi connectivity index (χ2v) is 3.42. The topological polar surface area (TPSA) is 59.7 Å². The minimum absolute atomic E-state index is 0.152.